The standard InChI is InChI=1S/C19H22ClN3O2/c20-15-5-6-18-13(10-15)9-14(12-25-18)19(24)21-11-16-7-8-23(22-16)17-3-1-2-4-17/h5-8,10,14,17H,1-4,9,11-12H2,(H,21,24)/t14-/m1/s1. The normalized spacial score (nSPS) is 20.1. The van der Waals surface area contributed by atoms with Gasteiger partial charge in [-0.25, -0.2) is 0 Å². The molecule has 4 rings (SSSR count). The number of carbonyl (C=O) groups is 1. The lowest BCUT2D eigenvalue weighted by Gasteiger charge is -2.24. The highest BCUT2D eigenvalue weighted by molar-refractivity contribution is 6.30. The van der Waals surface area contributed by atoms with Crippen molar-refractivity contribution in [2.24, 2.45) is 5.92 Å². The lowest BCUT2D eigenvalue weighted by molar-refractivity contribution is -0.126. The minimum atomic E-state index is -0.192. The van der Waals surface area contributed by atoms with Crippen LogP contribution in [0.5, 0.6) is 5.75 Å². The summed E-state index contributed by atoms with van der Waals surface area (Å²) in [6.45, 7) is 0.856. The van der Waals surface area contributed by atoms with E-state index in [0.717, 1.165) is 17.0 Å². The van der Waals surface area contributed by atoms with Crippen LogP contribution in [0.1, 0.15) is 43.0 Å². The highest BCUT2D eigenvalue weighted by atomic mass is 35.5. The second-order valence-electron chi connectivity index (χ2n) is 6.91. The van der Waals surface area contributed by atoms with Gasteiger partial charge < -0.3 is 10.1 Å². The molecule has 1 aromatic carbocycles. The Hall–Kier alpha value is -2.01. The SMILES string of the molecule is O=C(NCc1ccn(C2CCCC2)n1)[C@H]1COc2ccc(Cl)cc2C1. The molecule has 0 spiro atoms. The van der Waals surface area contributed by atoms with Gasteiger partial charge in [-0.3, -0.25) is 9.48 Å². The third-order valence-corrected chi connectivity index (χ3v) is 5.34. The van der Waals surface area contributed by atoms with Gasteiger partial charge in [-0.2, -0.15) is 5.10 Å². The molecule has 0 saturated heterocycles. The van der Waals surface area contributed by atoms with Crippen molar-refractivity contribution in [3.8, 4) is 5.75 Å². The average molecular weight is 360 g/mol. The van der Waals surface area contributed by atoms with E-state index in [0.29, 0.717) is 30.6 Å². The van der Waals surface area contributed by atoms with Gasteiger partial charge in [-0.1, -0.05) is 24.4 Å². The van der Waals surface area contributed by atoms with Gasteiger partial charge in [0.05, 0.1) is 24.2 Å². The third kappa shape index (κ3) is 3.66. The van der Waals surface area contributed by atoms with Crippen molar-refractivity contribution in [2.45, 2.75) is 44.7 Å². The van der Waals surface area contributed by atoms with Crippen molar-refractivity contribution in [3.63, 3.8) is 0 Å². The summed E-state index contributed by atoms with van der Waals surface area (Å²) in [5.41, 5.74) is 1.89. The minimum Gasteiger partial charge on any atom is -0.492 e. The largest absolute Gasteiger partial charge is 0.492 e. The Bertz CT molecular complexity index is 768. The quantitative estimate of drug-likeness (QED) is 0.908. The number of hydrogen-bond donors (Lipinski definition) is 1. The van der Waals surface area contributed by atoms with Crippen LogP contribution in [0.15, 0.2) is 30.5 Å². The van der Waals surface area contributed by atoms with Crippen LogP contribution in [0.3, 0.4) is 0 Å². The maximum Gasteiger partial charge on any atom is 0.227 e. The highest BCUT2D eigenvalue weighted by Crippen LogP contribution is 2.30. The van der Waals surface area contributed by atoms with Crippen LogP contribution in [0.4, 0.5) is 0 Å². The zero-order chi connectivity index (χ0) is 17.2. The first kappa shape index (κ1) is 16.5. The van der Waals surface area contributed by atoms with E-state index in [1.165, 1.54) is 25.7 Å². The van der Waals surface area contributed by atoms with E-state index in [9.17, 15) is 4.79 Å². The molecule has 1 saturated carbocycles. The Kier molecular flexibility index (Phi) is 4.66. The average Bonchev–Trinajstić information content (AvgIpc) is 3.30. The molecule has 2 aromatic rings. The van der Waals surface area contributed by atoms with E-state index in [-0.39, 0.29) is 11.8 Å². The molecule has 1 fully saturated rings. The number of benzene rings is 1. The summed E-state index contributed by atoms with van der Waals surface area (Å²) in [4.78, 5) is 12.5. The molecule has 1 aliphatic carbocycles. The molecule has 2 aliphatic rings. The number of ether oxygens (including phenoxy) is 1. The van der Waals surface area contributed by atoms with Crippen LogP contribution in [-0.4, -0.2) is 22.3 Å². The Morgan fingerprint density at radius 3 is 3.00 bits per heavy atom. The van der Waals surface area contributed by atoms with Gasteiger partial charge >= 0.3 is 0 Å². The van der Waals surface area contributed by atoms with Gasteiger partial charge in [0.15, 0.2) is 0 Å². The van der Waals surface area contributed by atoms with Gasteiger partial charge in [-0.05, 0) is 49.1 Å². The Labute approximate surface area is 152 Å². The summed E-state index contributed by atoms with van der Waals surface area (Å²) in [5.74, 6) is 0.632. The van der Waals surface area contributed by atoms with Crippen LogP contribution >= 0.6 is 11.6 Å². The lowest BCUT2D eigenvalue weighted by atomic mass is 9.96. The number of rotatable bonds is 4. The second-order valence-corrected chi connectivity index (χ2v) is 7.34. The molecule has 0 radical (unpaired) electrons. The number of amides is 1. The highest BCUT2D eigenvalue weighted by Gasteiger charge is 2.26. The first-order valence-corrected chi connectivity index (χ1v) is 9.30. The van der Waals surface area contributed by atoms with E-state index in [1.807, 2.05) is 30.5 Å². The molecule has 1 atom stereocenters. The maximum absolute atomic E-state index is 12.5. The zero-order valence-electron chi connectivity index (χ0n) is 14.1. The molecule has 1 aromatic heterocycles. The molecule has 5 nitrogen and oxygen atoms in total. The summed E-state index contributed by atoms with van der Waals surface area (Å²) in [5, 5.41) is 8.27. The van der Waals surface area contributed by atoms with E-state index >= 15 is 0 Å². The van der Waals surface area contributed by atoms with Crippen molar-refractivity contribution in [1.29, 1.82) is 0 Å². The van der Waals surface area contributed by atoms with Crippen molar-refractivity contribution in [2.75, 3.05) is 6.61 Å². The molecule has 1 N–H and O–H groups in total. The van der Waals surface area contributed by atoms with Gasteiger partial charge in [0.25, 0.3) is 0 Å². The van der Waals surface area contributed by atoms with Gasteiger partial charge in [0.1, 0.15) is 12.4 Å². The lowest BCUT2D eigenvalue weighted by Crippen LogP contribution is -2.37. The number of hydrogen-bond acceptors (Lipinski definition) is 3. The predicted octanol–water partition coefficient (Wildman–Crippen LogP) is 3.52. The number of fused-ring (bicyclic) bond motifs is 1. The number of nitrogens with one attached hydrogen (secondary N) is 1. The summed E-state index contributed by atoms with van der Waals surface area (Å²) in [7, 11) is 0. The zero-order valence-corrected chi connectivity index (χ0v) is 14.8. The topological polar surface area (TPSA) is 56.2 Å². The fourth-order valence-electron chi connectivity index (χ4n) is 3.70. The van der Waals surface area contributed by atoms with Crippen LogP contribution in [0.2, 0.25) is 5.02 Å². The Morgan fingerprint density at radius 2 is 2.16 bits per heavy atom. The predicted molar refractivity (Wildman–Crippen MR) is 95.7 cm³/mol. The van der Waals surface area contributed by atoms with Gasteiger partial charge in [0, 0.05) is 11.2 Å². The van der Waals surface area contributed by atoms with Crippen LogP contribution in [0.25, 0.3) is 0 Å². The fourth-order valence-corrected chi connectivity index (χ4v) is 3.89. The molecule has 0 bridgehead atoms. The monoisotopic (exact) mass is 359 g/mol. The van der Waals surface area contributed by atoms with Crippen molar-refractivity contribution < 1.29 is 9.53 Å². The third-order valence-electron chi connectivity index (χ3n) is 5.11. The first-order chi connectivity index (χ1) is 12.2. The molecule has 25 heavy (non-hydrogen) atoms. The number of nitrogens with zero attached hydrogens (tertiary/aromatic N) is 2. The molecule has 0 unspecified atom stereocenters. The maximum atomic E-state index is 12.5. The van der Waals surface area contributed by atoms with Crippen molar-refractivity contribution >= 4 is 17.5 Å². The number of halogens is 1. The minimum absolute atomic E-state index is 0.000965. The van der Waals surface area contributed by atoms with E-state index < -0.39 is 0 Å². The second kappa shape index (κ2) is 7.08. The number of aromatic nitrogens is 2. The van der Waals surface area contributed by atoms with Crippen LogP contribution < -0.4 is 10.1 Å². The molecule has 6 heteroatoms. The van der Waals surface area contributed by atoms with E-state index in [1.54, 1.807) is 0 Å². The summed E-state index contributed by atoms with van der Waals surface area (Å²) < 4.78 is 7.75. The summed E-state index contributed by atoms with van der Waals surface area (Å²) in [6.07, 6.45) is 7.65. The number of carbonyl (C=O) groups excluding carboxylic acids is 1. The van der Waals surface area contributed by atoms with Gasteiger partial charge in [-0.15, -0.1) is 0 Å². The smallest absolute Gasteiger partial charge is 0.227 e. The van der Waals surface area contributed by atoms with Crippen molar-refractivity contribution in [3.05, 3.63) is 46.7 Å². The first-order valence-electron chi connectivity index (χ1n) is 8.92. The van der Waals surface area contributed by atoms with Gasteiger partial charge in [0.2, 0.25) is 5.91 Å². The van der Waals surface area contributed by atoms with Crippen LogP contribution in [-0.2, 0) is 17.8 Å². The molecule has 2 heterocycles. The van der Waals surface area contributed by atoms with E-state index in [2.05, 4.69) is 15.1 Å². The van der Waals surface area contributed by atoms with Crippen LogP contribution in [0, 0.1) is 5.92 Å². The summed E-state index contributed by atoms with van der Waals surface area (Å²) >= 11 is 6.03. The van der Waals surface area contributed by atoms with Crippen molar-refractivity contribution in [1.82, 2.24) is 15.1 Å². The molecule has 132 valence electrons. The Balaban J connectivity index is 1.33. The molecular formula is C19H22ClN3O2. The fraction of sp³-hybridized carbons (Fsp3) is 0.474. The Morgan fingerprint density at radius 1 is 1.32 bits per heavy atom. The van der Waals surface area contributed by atoms with E-state index in [4.69, 9.17) is 16.3 Å². The summed E-state index contributed by atoms with van der Waals surface area (Å²) in [6, 6.07) is 8.06. The molecule has 1 aliphatic heterocycles. The molecular weight excluding hydrogens is 338 g/mol. The molecule has 1 amide bonds.